The number of amides is 2. The van der Waals surface area contributed by atoms with Gasteiger partial charge in [0.25, 0.3) is 0 Å². The molecular weight excluding hydrogens is 240 g/mol. The highest BCUT2D eigenvalue weighted by molar-refractivity contribution is 5.90. The van der Waals surface area contributed by atoms with Crippen LogP contribution >= 0.6 is 0 Å². The van der Waals surface area contributed by atoms with Crippen molar-refractivity contribution >= 4 is 11.8 Å². The summed E-state index contributed by atoms with van der Waals surface area (Å²) >= 11 is 0. The van der Waals surface area contributed by atoms with Gasteiger partial charge in [-0.05, 0) is 25.5 Å². The van der Waals surface area contributed by atoms with Gasteiger partial charge in [0.05, 0.1) is 12.6 Å². The Labute approximate surface area is 114 Å². The summed E-state index contributed by atoms with van der Waals surface area (Å²) in [5.74, 6) is -0.455. The molecule has 0 aliphatic rings. The topological polar surface area (TPSA) is 49.4 Å². The summed E-state index contributed by atoms with van der Waals surface area (Å²) in [5, 5.41) is 2.86. The van der Waals surface area contributed by atoms with E-state index in [1.807, 2.05) is 38.1 Å². The van der Waals surface area contributed by atoms with Gasteiger partial charge in [-0.1, -0.05) is 36.4 Å². The Bertz CT molecular complexity index is 466. The molecule has 0 aromatic heterocycles. The third kappa shape index (κ3) is 4.58. The van der Waals surface area contributed by atoms with Crippen molar-refractivity contribution in [1.29, 1.82) is 0 Å². The molecule has 0 aliphatic carbocycles. The number of carbonyl (C=O) groups is 2. The molecule has 4 heteroatoms. The summed E-state index contributed by atoms with van der Waals surface area (Å²) in [4.78, 5) is 24.4. The molecule has 0 heterocycles. The van der Waals surface area contributed by atoms with Crippen LogP contribution in [-0.2, 0) is 9.59 Å². The molecule has 1 aromatic carbocycles. The normalized spacial score (nSPS) is 11.5. The molecule has 2 amide bonds. The summed E-state index contributed by atoms with van der Waals surface area (Å²) in [7, 11) is 1.57. The predicted octanol–water partition coefficient (Wildman–Crippen LogP) is 1.82. The summed E-state index contributed by atoms with van der Waals surface area (Å²) in [6, 6.07) is 7.90. The van der Waals surface area contributed by atoms with Crippen molar-refractivity contribution in [1.82, 2.24) is 10.2 Å². The number of benzene rings is 1. The number of carbonyl (C=O) groups excluding carboxylic acids is 2. The van der Waals surface area contributed by atoms with Crippen LogP contribution in [-0.4, -0.2) is 30.3 Å². The van der Waals surface area contributed by atoms with Crippen molar-refractivity contribution in [2.75, 3.05) is 13.6 Å². The Morgan fingerprint density at radius 3 is 2.47 bits per heavy atom. The van der Waals surface area contributed by atoms with E-state index in [-0.39, 0.29) is 24.4 Å². The van der Waals surface area contributed by atoms with Gasteiger partial charge in [0.2, 0.25) is 11.8 Å². The van der Waals surface area contributed by atoms with Gasteiger partial charge in [-0.3, -0.25) is 9.59 Å². The first-order valence-corrected chi connectivity index (χ1v) is 6.17. The lowest BCUT2D eigenvalue weighted by Gasteiger charge is -2.18. The molecule has 1 atom stereocenters. The standard InChI is InChI=1S/C15H20N2O2/c1-5-15(19)17(4)10-14(18)16-12(3)13-8-6-11(2)7-9-13/h5-9,12H,1,10H2,2-4H3,(H,16,18). The van der Waals surface area contributed by atoms with E-state index < -0.39 is 0 Å². The van der Waals surface area contributed by atoms with E-state index >= 15 is 0 Å². The van der Waals surface area contributed by atoms with Crippen molar-refractivity contribution in [2.24, 2.45) is 0 Å². The van der Waals surface area contributed by atoms with Crippen molar-refractivity contribution < 1.29 is 9.59 Å². The Morgan fingerprint density at radius 2 is 1.95 bits per heavy atom. The Hall–Kier alpha value is -2.10. The van der Waals surface area contributed by atoms with Gasteiger partial charge in [-0.15, -0.1) is 0 Å². The number of nitrogens with one attached hydrogen (secondary N) is 1. The number of aryl methyl sites for hydroxylation is 1. The van der Waals surface area contributed by atoms with Crippen molar-refractivity contribution in [2.45, 2.75) is 19.9 Å². The predicted molar refractivity (Wildman–Crippen MR) is 75.6 cm³/mol. The second-order valence-corrected chi connectivity index (χ2v) is 4.60. The highest BCUT2D eigenvalue weighted by atomic mass is 16.2. The summed E-state index contributed by atoms with van der Waals surface area (Å²) < 4.78 is 0. The lowest BCUT2D eigenvalue weighted by Crippen LogP contribution is -2.38. The molecule has 1 unspecified atom stereocenters. The lowest BCUT2D eigenvalue weighted by atomic mass is 10.1. The average Bonchev–Trinajstić information content (AvgIpc) is 2.38. The molecule has 1 N–H and O–H groups in total. The van der Waals surface area contributed by atoms with Crippen LogP contribution in [0.5, 0.6) is 0 Å². The van der Waals surface area contributed by atoms with Crippen LogP contribution in [0, 0.1) is 6.92 Å². The Kier molecular flexibility index (Phi) is 5.30. The molecular formula is C15H20N2O2. The maximum atomic E-state index is 11.8. The van der Waals surface area contributed by atoms with Gasteiger partial charge in [0, 0.05) is 7.05 Å². The number of nitrogens with zero attached hydrogens (tertiary/aromatic N) is 1. The van der Waals surface area contributed by atoms with E-state index in [1.165, 1.54) is 16.5 Å². The number of likely N-dealkylation sites (N-methyl/N-ethyl adjacent to an activating group) is 1. The van der Waals surface area contributed by atoms with Crippen molar-refractivity contribution in [3.8, 4) is 0 Å². The Morgan fingerprint density at radius 1 is 1.37 bits per heavy atom. The monoisotopic (exact) mass is 260 g/mol. The smallest absolute Gasteiger partial charge is 0.246 e. The third-order valence-corrected chi connectivity index (χ3v) is 2.89. The minimum Gasteiger partial charge on any atom is -0.348 e. The SMILES string of the molecule is C=CC(=O)N(C)CC(=O)NC(C)c1ccc(C)cc1. The first-order valence-electron chi connectivity index (χ1n) is 6.17. The molecule has 4 nitrogen and oxygen atoms in total. The second-order valence-electron chi connectivity index (χ2n) is 4.60. The fourth-order valence-electron chi connectivity index (χ4n) is 1.67. The summed E-state index contributed by atoms with van der Waals surface area (Å²) in [6.45, 7) is 7.34. The average molecular weight is 260 g/mol. The molecule has 0 bridgehead atoms. The van der Waals surface area contributed by atoms with Gasteiger partial charge < -0.3 is 10.2 Å². The number of hydrogen-bond donors (Lipinski definition) is 1. The lowest BCUT2D eigenvalue weighted by molar-refractivity contribution is -0.131. The van der Waals surface area contributed by atoms with Crippen LogP contribution in [0.15, 0.2) is 36.9 Å². The van der Waals surface area contributed by atoms with Crippen LogP contribution in [0.3, 0.4) is 0 Å². The van der Waals surface area contributed by atoms with Crippen LogP contribution in [0.2, 0.25) is 0 Å². The molecule has 1 rings (SSSR count). The first-order chi connectivity index (χ1) is 8.93. The highest BCUT2D eigenvalue weighted by Gasteiger charge is 2.13. The quantitative estimate of drug-likeness (QED) is 0.821. The van der Waals surface area contributed by atoms with Crippen molar-refractivity contribution in [3.63, 3.8) is 0 Å². The van der Waals surface area contributed by atoms with Crippen LogP contribution in [0.1, 0.15) is 24.1 Å². The van der Waals surface area contributed by atoms with Crippen molar-refractivity contribution in [3.05, 3.63) is 48.0 Å². The molecule has 1 aromatic rings. The van der Waals surface area contributed by atoms with E-state index in [9.17, 15) is 9.59 Å². The molecule has 0 saturated heterocycles. The van der Waals surface area contributed by atoms with E-state index in [2.05, 4.69) is 11.9 Å². The van der Waals surface area contributed by atoms with E-state index in [0.29, 0.717) is 0 Å². The van der Waals surface area contributed by atoms with E-state index in [4.69, 9.17) is 0 Å². The van der Waals surface area contributed by atoms with Gasteiger partial charge in [-0.2, -0.15) is 0 Å². The van der Waals surface area contributed by atoms with Crippen LogP contribution < -0.4 is 5.32 Å². The fourth-order valence-corrected chi connectivity index (χ4v) is 1.67. The molecule has 0 fully saturated rings. The number of rotatable bonds is 5. The first kappa shape index (κ1) is 15.0. The maximum Gasteiger partial charge on any atom is 0.246 e. The molecule has 0 spiro atoms. The molecule has 102 valence electrons. The zero-order valence-corrected chi connectivity index (χ0v) is 11.6. The largest absolute Gasteiger partial charge is 0.348 e. The fraction of sp³-hybridized carbons (Fsp3) is 0.333. The number of hydrogen-bond acceptors (Lipinski definition) is 2. The zero-order chi connectivity index (χ0) is 14.4. The van der Waals surface area contributed by atoms with E-state index in [1.54, 1.807) is 7.05 Å². The second kappa shape index (κ2) is 6.73. The highest BCUT2D eigenvalue weighted by Crippen LogP contribution is 2.12. The third-order valence-electron chi connectivity index (χ3n) is 2.89. The molecule has 19 heavy (non-hydrogen) atoms. The summed E-state index contributed by atoms with van der Waals surface area (Å²) in [5.41, 5.74) is 2.22. The van der Waals surface area contributed by atoms with E-state index in [0.717, 1.165) is 5.56 Å². The maximum absolute atomic E-state index is 11.8. The van der Waals surface area contributed by atoms with Gasteiger partial charge in [0.1, 0.15) is 0 Å². The zero-order valence-electron chi connectivity index (χ0n) is 11.6. The minimum atomic E-state index is -0.266. The van der Waals surface area contributed by atoms with Gasteiger partial charge in [0.15, 0.2) is 0 Å². The molecule has 0 saturated carbocycles. The Balaban J connectivity index is 2.54. The minimum absolute atomic E-state index is 0.0288. The van der Waals surface area contributed by atoms with Gasteiger partial charge in [-0.25, -0.2) is 0 Å². The molecule has 0 radical (unpaired) electrons. The molecule has 0 aliphatic heterocycles. The van der Waals surface area contributed by atoms with Crippen LogP contribution in [0.4, 0.5) is 0 Å². The van der Waals surface area contributed by atoms with Gasteiger partial charge >= 0.3 is 0 Å². The summed E-state index contributed by atoms with van der Waals surface area (Å²) in [6.07, 6.45) is 1.19. The van der Waals surface area contributed by atoms with Crippen LogP contribution in [0.25, 0.3) is 0 Å².